The monoisotopic (exact) mass is 264 g/mol. The number of rotatable bonds is 8. The Morgan fingerprint density at radius 2 is 1.68 bits per heavy atom. The Morgan fingerprint density at radius 1 is 1.05 bits per heavy atom. The highest BCUT2D eigenvalue weighted by molar-refractivity contribution is 5.36. The average Bonchev–Trinajstić information content (AvgIpc) is 2.42. The van der Waals surface area contributed by atoms with Gasteiger partial charge in [-0.3, -0.25) is 0 Å². The molecule has 4 N–H and O–H groups in total. The molecule has 0 aliphatic heterocycles. The molecule has 3 heteroatoms. The smallest absolute Gasteiger partial charge is 0.122 e. The molecule has 1 rings (SSSR count). The van der Waals surface area contributed by atoms with Crippen molar-refractivity contribution in [3.63, 3.8) is 0 Å². The van der Waals surface area contributed by atoms with E-state index in [2.05, 4.69) is 32.9 Å². The first kappa shape index (κ1) is 16.0. The molecule has 0 amide bonds. The highest BCUT2D eigenvalue weighted by Crippen LogP contribution is 2.30. The number of hydrogen-bond donors (Lipinski definition) is 2. The molecule has 0 aromatic heterocycles. The van der Waals surface area contributed by atoms with Crippen LogP contribution >= 0.6 is 0 Å². The number of benzene rings is 1. The van der Waals surface area contributed by atoms with Crippen molar-refractivity contribution in [3.05, 3.63) is 29.8 Å². The summed E-state index contributed by atoms with van der Waals surface area (Å²) in [7, 11) is 0. The van der Waals surface area contributed by atoms with Gasteiger partial charge in [-0.25, -0.2) is 0 Å². The van der Waals surface area contributed by atoms with Crippen LogP contribution in [-0.4, -0.2) is 19.7 Å². The third kappa shape index (κ3) is 5.21. The normalized spacial score (nSPS) is 13.0. The summed E-state index contributed by atoms with van der Waals surface area (Å²) in [6, 6.07) is 8.28. The van der Waals surface area contributed by atoms with E-state index in [1.807, 2.05) is 12.1 Å². The van der Waals surface area contributed by atoms with Crippen LogP contribution < -0.4 is 16.2 Å². The van der Waals surface area contributed by atoms with Crippen molar-refractivity contribution in [2.24, 2.45) is 23.3 Å². The summed E-state index contributed by atoms with van der Waals surface area (Å²) >= 11 is 0. The second-order valence-electron chi connectivity index (χ2n) is 5.72. The van der Waals surface area contributed by atoms with Crippen molar-refractivity contribution < 1.29 is 4.74 Å². The number of ether oxygens (including phenoxy) is 1. The van der Waals surface area contributed by atoms with E-state index in [-0.39, 0.29) is 0 Å². The number of para-hydroxylation sites is 1. The van der Waals surface area contributed by atoms with Crippen molar-refractivity contribution in [2.45, 2.75) is 33.1 Å². The maximum atomic E-state index is 5.91. The largest absolute Gasteiger partial charge is 0.493 e. The molecule has 0 heterocycles. The zero-order chi connectivity index (χ0) is 14.3. The fraction of sp³-hybridized carbons (Fsp3) is 0.625. The van der Waals surface area contributed by atoms with Crippen LogP contribution in [0.2, 0.25) is 0 Å². The molecule has 0 saturated carbocycles. The van der Waals surface area contributed by atoms with Crippen LogP contribution in [0.4, 0.5) is 0 Å². The van der Waals surface area contributed by atoms with E-state index in [0.717, 1.165) is 18.8 Å². The molecular formula is C16H28N2O. The second-order valence-corrected chi connectivity index (χ2v) is 5.72. The van der Waals surface area contributed by atoms with E-state index in [0.29, 0.717) is 30.8 Å². The van der Waals surface area contributed by atoms with Crippen LogP contribution in [0, 0.1) is 11.8 Å². The minimum atomic E-state index is 0.383. The molecule has 0 fully saturated rings. The van der Waals surface area contributed by atoms with E-state index < -0.39 is 0 Å². The summed E-state index contributed by atoms with van der Waals surface area (Å²) < 4.78 is 5.91. The molecule has 0 radical (unpaired) electrons. The maximum absolute atomic E-state index is 5.91. The number of nitrogens with two attached hydrogens (primary N) is 2. The SMILES string of the molecule is CC(C)COc1ccccc1C(C)CC(CN)CN. The molecule has 0 spiro atoms. The Labute approximate surface area is 117 Å². The highest BCUT2D eigenvalue weighted by Gasteiger charge is 2.16. The zero-order valence-electron chi connectivity index (χ0n) is 12.4. The quantitative estimate of drug-likeness (QED) is 0.759. The van der Waals surface area contributed by atoms with E-state index >= 15 is 0 Å². The van der Waals surface area contributed by atoms with Gasteiger partial charge in [0.05, 0.1) is 6.61 Å². The molecule has 3 nitrogen and oxygen atoms in total. The third-order valence-corrected chi connectivity index (χ3v) is 3.38. The van der Waals surface area contributed by atoms with Crippen LogP contribution in [0.5, 0.6) is 5.75 Å². The molecule has 0 aliphatic rings. The zero-order valence-corrected chi connectivity index (χ0v) is 12.4. The lowest BCUT2D eigenvalue weighted by Gasteiger charge is -2.21. The van der Waals surface area contributed by atoms with Crippen LogP contribution in [0.1, 0.15) is 38.7 Å². The van der Waals surface area contributed by atoms with Crippen molar-refractivity contribution in [2.75, 3.05) is 19.7 Å². The van der Waals surface area contributed by atoms with Crippen LogP contribution in [0.25, 0.3) is 0 Å². The fourth-order valence-electron chi connectivity index (χ4n) is 2.19. The van der Waals surface area contributed by atoms with Crippen LogP contribution in [0.15, 0.2) is 24.3 Å². The Kier molecular flexibility index (Phi) is 6.89. The summed E-state index contributed by atoms with van der Waals surface area (Å²) in [5, 5.41) is 0. The second kappa shape index (κ2) is 8.18. The van der Waals surface area contributed by atoms with Crippen LogP contribution in [-0.2, 0) is 0 Å². The van der Waals surface area contributed by atoms with E-state index in [4.69, 9.17) is 16.2 Å². The van der Waals surface area contributed by atoms with Gasteiger partial charge in [-0.2, -0.15) is 0 Å². The van der Waals surface area contributed by atoms with Crippen LogP contribution in [0.3, 0.4) is 0 Å². The number of hydrogen-bond acceptors (Lipinski definition) is 3. The van der Waals surface area contributed by atoms with Gasteiger partial charge < -0.3 is 16.2 Å². The van der Waals surface area contributed by atoms with Crippen molar-refractivity contribution in [1.82, 2.24) is 0 Å². The van der Waals surface area contributed by atoms with Crippen molar-refractivity contribution >= 4 is 0 Å². The fourth-order valence-corrected chi connectivity index (χ4v) is 2.19. The van der Waals surface area contributed by atoms with Crippen molar-refractivity contribution in [3.8, 4) is 5.75 Å². The molecular weight excluding hydrogens is 236 g/mol. The maximum Gasteiger partial charge on any atom is 0.122 e. The molecule has 0 saturated heterocycles. The van der Waals surface area contributed by atoms with Gasteiger partial charge in [-0.1, -0.05) is 39.0 Å². The first-order valence-corrected chi connectivity index (χ1v) is 7.20. The minimum absolute atomic E-state index is 0.383. The first-order valence-electron chi connectivity index (χ1n) is 7.20. The molecule has 1 aromatic carbocycles. The standard InChI is InChI=1S/C16H28N2O/c1-12(2)11-19-16-7-5-4-6-15(16)13(3)8-14(9-17)10-18/h4-7,12-14H,8-11,17-18H2,1-3H3. The Bertz CT molecular complexity index is 362. The summed E-state index contributed by atoms with van der Waals surface area (Å²) in [6.45, 7) is 8.58. The van der Waals surface area contributed by atoms with Gasteiger partial charge in [0, 0.05) is 0 Å². The Balaban J connectivity index is 2.75. The van der Waals surface area contributed by atoms with Gasteiger partial charge in [0.25, 0.3) is 0 Å². The molecule has 0 bridgehead atoms. The van der Waals surface area contributed by atoms with Gasteiger partial charge in [0.15, 0.2) is 0 Å². The highest BCUT2D eigenvalue weighted by atomic mass is 16.5. The van der Waals surface area contributed by atoms with Gasteiger partial charge >= 0.3 is 0 Å². The Hall–Kier alpha value is -1.06. The molecule has 108 valence electrons. The van der Waals surface area contributed by atoms with E-state index in [9.17, 15) is 0 Å². The van der Waals surface area contributed by atoms with E-state index in [1.165, 1.54) is 5.56 Å². The molecule has 0 aliphatic carbocycles. The van der Waals surface area contributed by atoms with E-state index in [1.54, 1.807) is 0 Å². The lowest BCUT2D eigenvalue weighted by Crippen LogP contribution is -2.24. The summed E-state index contributed by atoms with van der Waals surface area (Å²) in [5.74, 6) is 2.33. The minimum Gasteiger partial charge on any atom is -0.493 e. The first-order chi connectivity index (χ1) is 9.08. The topological polar surface area (TPSA) is 61.3 Å². The summed E-state index contributed by atoms with van der Waals surface area (Å²) in [5.41, 5.74) is 12.7. The third-order valence-electron chi connectivity index (χ3n) is 3.38. The molecule has 1 unspecified atom stereocenters. The Morgan fingerprint density at radius 3 is 2.26 bits per heavy atom. The lowest BCUT2D eigenvalue weighted by atomic mass is 9.89. The summed E-state index contributed by atoms with van der Waals surface area (Å²) in [4.78, 5) is 0. The van der Waals surface area contributed by atoms with Gasteiger partial charge in [0.1, 0.15) is 5.75 Å². The molecule has 1 atom stereocenters. The predicted molar refractivity (Wildman–Crippen MR) is 81.4 cm³/mol. The molecule has 1 aromatic rings. The van der Waals surface area contributed by atoms with Gasteiger partial charge in [-0.05, 0) is 48.9 Å². The average molecular weight is 264 g/mol. The van der Waals surface area contributed by atoms with Gasteiger partial charge in [0.2, 0.25) is 0 Å². The van der Waals surface area contributed by atoms with Gasteiger partial charge in [-0.15, -0.1) is 0 Å². The lowest BCUT2D eigenvalue weighted by molar-refractivity contribution is 0.266. The summed E-state index contributed by atoms with van der Waals surface area (Å²) in [6.07, 6.45) is 1.01. The van der Waals surface area contributed by atoms with Crippen molar-refractivity contribution in [1.29, 1.82) is 0 Å². The molecule has 19 heavy (non-hydrogen) atoms. The predicted octanol–water partition coefficient (Wildman–Crippen LogP) is 2.75.